The van der Waals surface area contributed by atoms with Crippen LogP contribution in [0, 0.1) is 0 Å². The molecule has 0 spiro atoms. The third-order valence-electron chi connectivity index (χ3n) is 4.31. The zero-order valence-corrected chi connectivity index (χ0v) is 14.9. The van der Waals surface area contributed by atoms with Crippen LogP contribution in [0.1, 0.15) is 16.5 Å². The Labute approximate surface area is 153 Å². The number of hydrogen-bond acceptors (Lipinski definition) is 7. The van der Waals surface area contributed by atoms with Crippen molar-refractivity contribution < 1.29 is 0 Å². The molecule has 0 radical (unpaired) electrons. The smallest absolute Gasteiger partial charge is 0.323 e. The van der Waals surface area contributed by atoms with Crippen molar-refractivity contribution in [1.29, 1.82) is 0 Å². The first-order chi connectivity index (χ1) is 13.1. The first-order valence-corrected chi connectivity index (χ1v) is 8.88. The summed E-state index contributed by atoms with van der Waals surface area (Å²) in [5.74, 6) is 0.337. The summed E-state index contributed by atoms with van der Waals surface area (Å²) in [7, 11) is 1.81. The molecule has 0 unspecified atom stereocenters. The normalized spacial score (nSPS) is 11.7. The highest BCUT2D eigenvalue weighted by Gasteiger charge is 2.19. The molecule has 0 aliphatic rings. The molecule has 3 N–H and O–H groups in total. The van der Waals surface area contributed by atoms with Crippen LogP contribution in [0.3, 0.4) is 0 Å². The van der Waals surface area contributed by atoms with Gasteiger partial charge in [-0.2, -0.15) is 15.3 Å². The van der Waals surface area contributed by atoms with Crippen molar-refractivity contribution in [2.75, 3.05) is 0 Å². The van der Waals surface area contributed by atoms with E-state index in [1.165, 1.54) is 16.0 Å². The van der Waals surface area contributed by atoms with Gasteiger partial charge in [-0.3, -0.25) is 14.9 Å². The average molecular weight is 383 g/mol. The predicted octanol–water partition coefficient (Wildman–Crippen LogP) is 0.118. The zero-order valence-electron chi connectivity index (χ0n) is 14.1. The Kier molecular flexibility index (Phi) is 3.33. The molecule has 5 aromatic rings. The van der Waals surface area contributed by atoms with E-state index in [4.69, 9.17) is 0 Å². The van der Waals surface area contributed by atoms with E-state index in [0.717, 1.165) is 26.4 Å². The van der Waals surface area contributed by atoms with Gasteiger partial charge >= 0.3 is 5.69 Å². The van der Waals surface area contributed by atoms with Gasteiger partial charge in [0.2, 0.25) is 0 Å². The molecule has 0 fully saturated rings. The lowest BCUT2D eigenvalue weighted by atomic mass is 10.3. The molecule has 12 heteroatoms. The fourth-order valence-electron chi connectivity index (χ4n) is 3.09. The molecule has 5 rings (SSSR count). The summed E-state index contributed by atoms with van der Waals surface area (Å²) in [6, 6.07) is 1.91. The lowest BCUT2D eigenvalue weighted by molar-refractivity contribution is 0.620. The van der Waals surface area contributed by atoms with E-state index >= 15 is 0 Å². The van der Waals surface area contributed by atoms with Gasteiger partial charge in [-0.15, -0.1) is 11.3 Å². The van der Waals surface area contributed by atoms with Gasteiger partial charge in [-0.05, 0) is 6.07 Å². The van der Waals surface area contributed by atoms with Gasteiger partial charge in [0, 0.05) is 25.1 Å². The average Bonchev–Trinajstić information content (AvgIpc) is 3.40. The van der Waals surface area contributed by atoms with Crippen LogP contribution in [-0.2, 0) is 20.0 Å². The van der Waals surface area contributed by atoms with E-state index in [1.807, 2.05) is 13.1 Å². The predicted molar refractivity (Wildman–Crippen MR) is 97.9 cm³/mol. The van der Waals surface area contributed by atoms with E-state index < -0.39 is 5.69 Å². The number of aromatic nitrogens is 9. The Morgan fingerprint density at radius 2 is 2.15 bits per heavy atom. The van der Waals surface area contributed by atoms with Gasteiger partial charge in [0.15, 0.2) is 11.5 Å². The van der Waals surface area contributed by atoms with E-state index in [2.05, 4.69) is 35.5 Å². The first-order valence-electron chi connectivity index (χ1n) is 8.06. The molecule has 11 nitrogen and oxygen atoms in total. The molecule has 0 aromatic carbocycles. The van der Waals surface area contributed by atoms with Crippen LogP contribution in [0.25, 0.3) is 21.3 Å². The monoisotopic (exact) mass is 383 g/mol. The number of nitrogens with one attached hydrogen (secondary N) is 3. The second-order valence-corrected chi connectivity index (χ2v) is 7.14. The number of rotatable bonds is 4. The van der Waals surface area contributed by atoms with Crippen LogP contribution < -0.4 is 11.2 Å². The van der Waals surface area contributed by atoms with Crippen LogP contribution >= 0.6 is 11.3 Å². The number of nitrogens with zero attached hydrogens (tertiary/aromatic N) is 6. The Morgan fingerprint density at radius 1 is 1.26 bits per heavy atom. The lowest BCUT2D eigenvalue weighted by Crippen LogP contribution is -2.25. The van der Waals surface area contributed by atoms with Crippen LogP contribution in [-0.4, -0.2) is 44.7 Å². The molecule has 27 heavy (non-hydrogen) atoms. The molecule has 0 saturated carbocycles. The molecule has 0 aliphatic heterocycles. The maximum Gasteiger partial charge on any atom is 0.340 e. The van der Waals surface area contributed by atoms with Crippen molar-refractivity contribution in [3.63, 3.8) is 0 Å². The summed E-state index contributed by atoms with van der Waals surface area (Å²) in [5, 5.41) is 18.9. The highest BCUT2D eigenvalue weighted by atomic mass is 32.1. The summed E-state index contributed by atoms with van der Waals surface area (Å²) >= 11 is 1.53. The van der Waals surface area contributed by atoms with Gasteiger partial charge in [0.1, 0.15) is 17.1 Å². The molecule has 0 atom stereocenters. The second kappa shape index (κ2) is 5.74. The van der Waals surface area contributed by atoms with Crippen molar-refractivity contribution in [3.05, 3.63) is 55.8 Å². The Hall–Kier alpha value is -3.54. The maximum absolute atomic E-state index is 12.9. The third kappa shape index (κ3) is 2.49. The van der Waals surface area contributed by atoms with Crippen LogP contribution in [0.2, 0.25) is 0 Å². The van der Waals surface area contributed by atoms with Crippen molar-refractivity contribution in [2.24, 2.45) is 7.05 Å². The number of hydrogen-bond donors (Lipinski definition) is 3. The van der Waals surface area contributed by atoms with Crippen LogP contribution in [0.5, 0.6) is 0 Å². The standard InChI is InChI=1S/C15H13N9O2S/c1-23-11-8(5-17-24(14(11)25)6-9-18-15(26)22-21-9)12-13(23)19-10(27-12)4-7-2-3-16-20-7/h2-3,5H,4,6H2,1H3,(H,16,20)(H2,18,21,22,26). The van der Waals surface area contributed by atoms with Crippen LogP contribution in [0.4, 0.5) is 0 Å². The van der Waals surface area contributed by atoms with Crippen molar-refractivity contribution in [1.82, 2.24) is 44.7 Å². The third-order valence-corrected chi connectivity index (χ3v) is 5.39. The van der Waals surface area contributed by atoms with E-state index in [-0.39, 0.29) is 12.1 Å². The molecule has 0 bridgehead atoms. The SMILES string of the molecule is Cn1c2nc(Cc3cc[nH]n3)sc2c2cnn(Cc3n[nH]c(=O)[nH]3)c(=O)c21. The molecule has 5 aromatic heterocycles. The molecular formula is C15H13N9O2S. The minimum absolute atomic E-state index is 0.0736. The largest absolute Gasteiger partial charge is 0.340 e. The first kappa shape index (κ1) is 15.7. The maximum atomic E-state index is 12.9. The van der Waals surface area contributed by atoms with Crippen molar-refractivity contribution in [3.8, 4) is 0 Å². The van der Waals surface area contributed by atoms with Gasteiger partial charge < -0.3 is 4.57 Å². The minimum atomic E-state index is -0.424. The summed E-state index contributed by atoms with van der Waals surface area (Å²) in [4.78, 5) is 31.2. The minimum Gasteiger partial charge on any atom is -0.323 e. The quantitative estimate of drug-likeness (QED) is 0.402. The Bertz CT molecular complexity index is 1380. The Balaban J connectivity index is 1.61. The molecule has 0 saturated heterocycles. The summed E-state index contributed by atoms with van der Waals surface area (Å²) < 4.78 is 3.97. The molecular weight excluding hydrogens is 370 g/mol. The summed E-state index contributed by atoms with van der Waals surface area (Å²) in [5.41, 5.74) is 1.48. The van der Waals surface area contributed by atoms with Gasteiger partial charge in [0.25, 0.3) is 5.56 Å². The highest BCUT2D eigenvalue weighted by molar-refractivity contribution is 7.19. The molecule has 136 valence electrons. The van der Waals surface area contributed by atoms with Gasteiger partial charge in [-0.1, -0.05) is 0 Å². The number of H-pyrrole nitrogens is 3. The fourth-order valence-corrected chi connectivity index (χ4v) is 4.21. The number of aromatic amines is 3. The highest BCUT2D eigenvalue weighted by Crippen LogP contribution is 2.31. The van der Waals surface area contributed by atoms with E-state index in [1.54, 1.807) is 17.0 Å². The molecule has 0 amide bonds. The van der Waals surface area contributed by atoms with Gasteiger partial charge in [0.05, 0.1) is 16.6 Å². The second-order valence-electron chi connectivity index (χ2n) is 6.06. The number of fused-ring (bicyclic) bond motifs is 3. The Morgan fingerprint density at radius 3 is 2.89 bits per heavy atom. The summed E-state index contributed by atoms with van der Waals surface area (Å²) in [6.07, 6.45) is 4.05. The number of thiazole rings is 1. The zero-order chi connectivity index (χ0) is 18.5. The van der Waals surface area contributed by atoms with Crippen molar-refractivity contribution in [2.45, 2.75) is 13.0 Å². The van der Waals surface area contributed by atoms with E-state index in [9.17, 15) is 9.59 Å². The molecule has 0 aliphatic carbocycles. The molecule has 5 heterocycles. The van der Waals surface area contributed by atoms with Gasteiger partial charge in [-0.25, -0.2) is 19.6 Å². The number of aryl methyl sites for hydroxylation is 1. The van der Waals surface area contributed by atoms with Crippen molar-refractivity contribution >= 4 is 32.6 Å². The fraction of sp³-hybridized carbons (Fsp3) is 0.200. The van der Waals surface area contributed by atoms with Crippen LogP contribution in [0.15, 0.2) is 28.0 Å². The lowest BCUT2D eigenvalue weighted by Gasteiger charge is -2.03. The summed E-state index contributed by atoms with van der Waals surface area (Å²) in [6.45, 7) is 0.0736. The topological polar surface area (TPSA) is 143 Å². The van der Waals surface area contributed by atoms with E-state index in [0.29, 0.717) is 17.8 Å².